The summed E-state index contributed by atoms with van der Waals surface area (Å²) < 4.78 is 40.8. The Hall–Kier alpha value is -2.76. The molecular formula is C19H23N3O7S. The van der Waals surface area contributed by atoms with Crippen LogP contribution >= 0.6 is 0 Å². The number of hydroxylamine groups is 1. The number of nitrogens with zero attached hydrogens (tertiary/aromatic N) is 2. The molecule has 1 fully saturated rings. The van der Waals surface area contributed by atoms with Crippen molar-refractivity contribution in [2.24, 2.45) is 0 Å². The molecule has 1 aromatic heterocycles. The summed E-state index contributed by atoms with van der Waals surface area (Å²) in [6, 6.07) is 5.85. The monoisotopic (exact) mass is 437 g/mol. The highest BCUT2D eigenvalue weighted by Crippen LogP contribution is 2.35. The van der Waals surface area contributed by atoms with Crippen molar-refractivity contribution in [1.82, 2.24) is 15.4 Å². The number of carbonyl (C=O) groups is 1. The number of carbonyl (C=O) groups excluding carboxylic acids is 1. The lowest BCUT2D eigenvalue weighted by Crippen LogP contribution is -2.54. The average molecular weight is 437 g/mol. The van der Waals surface area contributed by atoms with Crippen molar-refractivity contribution in [2.45, 2.75) is 28.9 Å². The van der Waals surface area contributed by atoms with E-state index in [-0.39, 0.29) is 31.0 Å². The van der Waals surface area contributed by atoms with Crippen LogP contribution < -0.4 is 15.0 Å². The summed E-state index contributed by atoms with van der Waals surface area (Å²) in [5.41, 5.74) is 1.50. The molecule has 11 heteroatoms. The molecule has 2 N–H and O–H groups in total. The summed E-state index contributed by atoms with van der Waals surface area (Å²) in [4.78, 5) is 19.9. The lowest BCUT2D eigenvalue weighted by Gasteiger charge is -2.34. The topological polar surface area (TPSA) is 137 Å². The fraction of sp³-hybridized carbons (Fsp3) is 0.421. The van der Waals surface area contributed by atoms with Gasteiger partial charge in [-0.3, -0.25) is 10.0 Å². The third-order valence-electron chi connectivity index (χ3n) is 4.83. The smallest absolute Gasteiger partial charge is 0.265 e. The van der Waals surface area contributed by atoms with Gasteiger partial charge in [0.1, 0.15) is 12.1 Å². The Labute approximate surface area is 174 Å². The molecule has 1 aliphatic heterocycles. The van der Waals surface area contributed by atoms with E-state index >= 15 is 0 Å². The molecule has 30 heavy (non-hydrogen) atoms. The number of nitrogens with one attached hydrogen (secondary N) is 1. The molecule has 162 valence electrons. The van der Waals surface area contributed by atoms with Crippen molar-refractivity contribution in [3.63, 3.8) is 0 Å². The number of aromatic nitrogens is 2. The van der Waals surface area contributed by atoms with Crippen LogP contribution in [0.15, 0.2) is 47.9 Å². The van der Waals surface area contributed by atoms with E-state index in [2.05, 4.69) is 9.97 Å². The zero-order valence-corrected chi connectivity index (χ0v) is 17.0. The lowest BCUT2D eigenvalue weighted by atomic mass is 9.98. The fourth-order valence-electron chi connectivity index (χ4n) is 3.16. The van der Waals surface area contributed by atoms with Crippen molar-refractivity contribution in [3.8, 4) is 11.5 Å². The molecule has 1 saturated heterocycles. The number of amides is 1. The first-order valence-electron chi connectivity index (χ1n) is 9.37. The molecular weight excluding hydrogens is 414 g/mol. The van der Waals surface area contributed by atoms with E-state index in [0.29, 0.717) is 31.1 Å². The predicted molar refractivity (Wildman–Crippen MR) is 104 cm³/mol. The molecule has 1 aliphatic rings. The summed E-state index contributed by atoms with van der Waals surface area (Å²) in [5.74, 6) is 0.112. The van der Waals surface area contributed by atoms with Crippen molar-refractivity contribution in [1.29, 1.82) is 0 Å². The van der Waals surface area contributed by atoms with Crippen molar-refractivity contribution >= 4 is 15.7 Å². The molecule has 1 amide bonds. The molecule has 0 bridgehead atoms. The van der Waals surface area contributed by atoms with Gasteiger partial charge in [-0.25, -0.2) is 23.9 Å². The normalized spacial score (nSPS) is 15.9. The highest BCUT2D eigenvalue weighted by Gasteiger charge is 2.52. The number of benzene rings is 1. The van der Waals surface area contributed by atoms with E-state index in [9.17, 15) is 13.2 Å². The minimum absolute atomic E-state index is 0.0206. The first-order valence-corrected chi connectivity index (χ1v) is 10.9. The highest BCUT2D eigenvalue weighted by atomic mass is 32.2. The number of hydrogen-bond acceptors (Lipinski definition) is 9. The van der Waals surface area contributed by atoms with Gasteiger partial charge in [0.25, 0.3) is 5.91 Å². The van der Waals surface area contributed by atoms with E-state index < -0.39 is 20.5 Å². The lowest BCUT2D eigenvalue weighted by molar-refractivity contribution is -0.134. The van der Waals surface area contributed by atoms with Crippen LogP contribution in [0.5, 0.6) is 11.5 Å². The van der Waals surface area contributed by atoms with Crippen LogP contribution in [-0.4, -0.2) is 60.7 Å². The van der Waals surface area contributed by atoms with E-state index in [1.807, 2.05) is 0 Å². The van der Waals surface area contributed by atoms with Crippen LogP contribution in [0.25, 0.3) is 0 Å². The molecule has 10 nitrogen and oxygen atoms in total. The minimum atomic E-state index is -4.05. The summed E-state index contributed by atoms with van der Waals surface area (Å²) >= 11 is 0. The maximum atomic E-state index is 13.2. The second-order valence-corrected chi connectivity index (χ2v) is 8.91. The molecule has 1 aromatic carbocycles. The number of rotatable bonds is 9. The van der Waals surface area contributed by atoms with Gasteiger partial charge >= 0.3 is 0 Å². The minimum Gasteiger partial charge on any atom is -0.493 e. The molecule has 0 spiro atoms. The summed E-state index contributed by atoms with van der Waals surface area (Å²) in [5, 5.41) is 9.08. The SMILES string of the molecule is O=C(NO)C1(S(=O)(=O)c2ccc(OCCCOc3cncnc3)cc2)CCOCC1. The van der Waals surface area contributed by atoms with Gasteiger partial charge < -0.3 is 14.2 Å². The van der Waals surface area contributed by atoms with Crippen LogP contribution in [0.3, 0.4) is 0 Å². The van der Waals surface area contributed by atoms with Crippen molar-refractivity contribution in [3.05, 3.63) is 43.0 Å². The number of ether oxygens (including phenoxy) is 3. The average Bonchev–Trinajstić information content (AvgIpc) is 2.79. The molecule has 2 aromatic rings. The Morgan fingerprint density at radius 3 is 2.27 bits per heavy atom. The third kappa shape index (κ3) is 4.69. The summed E-state index contributed by atoms with van der Waals surface area (Å²) in [6.45, 7) is 1.02. The molecule has 0 radical (unpaired) electrons. The number of hydrogen-bond donors (Lipinski definition) is 2. The second kappa shape index (κ2) is 9.83. The standard InChI is InChI=1S/C19H23N3O7S/c23-18(22-24)19(6-10-27-11-7-19)30(25,26)17-4-2-15(3-5-17)28-8-1-9-29-16-12-20-14-21-13-16/h2-5,12-14,24H,1,6-11H2,(H,22,23). The summed E-state index contributed by atoms with van der Waals surface area (Å²) in [6.07, 6.45) is 5.08. The van der Waals surface area contributed by atoms with Crippen molar-refractivity contribution in [2.75, 3.05) is 26.4 Å². The first kappa shape index (κ1) is 21.9. The van der Waals surface area contributed by atoms with E-state index in [1.54, 1.807) is 12.4 Å². The Morgan fingerprint density at radius 1 is 1.07 bits per heavy atom. The zero-order valence-electron chi connectivity index (χ0n) is 16.2. The van der Waals surface area contributed by atoms with Gasteiger partial charge in [-0.2, -0.15) is 0 Å². The summed E-state index contributed by atoms with van der Waals surface area (Å²) in [7, 11) is -4.05. The largest absolute Gasteiger partial charge is 0.493 e. The molecule has 2 heterocycles. The first-order chi connectivity index (χ1) is 14.5. The van der Waals surface area contributed by atoms with Crippen molar-refractivity contribution < 1.29 is 32.6 Å². The molecule has 0 atom stereocenters. The van der Waals surface area contributed by atoms with Crippen LogP contribution in [-0.2, 0) is 19.4 Å². The van der Waals surface area contributed by atoms with E-state index in [1.165, 1.54) is 36.1 Å². The van der Waals surface area contributed by atoms with Gasteiger partial charge in [0.15, 0.2) is 20.3 Å². The van der Waals surface area contributed by atoms with Crippen LogP contribution in [0.1, 0.15) is 19.3 Å². The van der Waals surface area contributed by atoms with Gasteiger partial charge in [-0.05, 0) is 37.1 Å². The Balaban J connectivity index is 1.59. The maximum Gasteiger partial charge on any atom is 0.265 e. The van der Waals surface area contributed by atoms with Gasteiger partial charge in [-0.15, -0.1) is 0 Å². The zero-order chi connectivity index (χ0) is 21.5. The Kier molecular flexibility index (Phi) is 7.19. The fourth-order valence-corrected chi connectivity index (χ4v) is 5.10. The highest BCUT2D eigenvalue weighted by molar-refractivity contribution is 7.93. The molecule has 0 unspecified atom stereocenters. The maximum absolute atomic E-state index is 13.2. The van der Waals surface area contributed by atoms with Gasteiger partial charge in [-0.1, -0.05) is 0 Å². The van der Waals surface area contributed by atoms with E-state index in [4.69, 9.17) is 19.4 Å². The number of sulfone groups is 1. The quantitative estimate of drug-likeness (QED) is 0.336. The van der Waals surface area contributed by atoms with Gasteiger partial charge in [0.05, 0.1) is 30.5 Å². The Bertz CT molecular complexity index is 930. The molecule has 3 rings (SSSR count). The second-order valence-electron chi connectivity index (χ2n) is 6.65. The van der Waals surface area contributed by atoms with Crippen LogP contribution in [0.2, 0.25) is 0 Å². The van der Waals surface area contributed by atoms with Gasteiger partial charge in [0, 0.05) is 19.6 Å². The Morgan fingerprint density at radius 2 is 1.67 bits per heavy atom. The van der Waals surface area contributed by atoms with Gasteiger partial charge in [0.2, 0.25) is 0 Å². The molecule has 0 aliphatic carbocycles. The molecule has 0 saturated carbocycles. The predicted octanol–water partition coefficient (Wildman–Crippen LogP) is 1.15. The van der Waals surface area contributed by atoms with Crippen LogP contribution in [0, 0.1) is 0 Å². The van der Waals surface area contributed by atoms with Crippen LogP contribution in [0.4, 0.5) is 0 Å². The third-order valence-corrected chi connectivity index (χ3v) is 7.34. The van der Waals surface area contributed by atoms with E-state index in [0.717, 1.165) is 0 Å².